The topological polar surface area (TPSA) is 111 Å². The lowest BCUT2D eigenvalue weighted by molar-refractivity contribution is 0.174. The van der Waals surface area contributed by atoms with Gasteiger partial charge in [-0.3, -0.25) is 9.36 Å². The van der Waals surface area contributed by atoms with Crippen molar-refractivity contribution in [1.82, 2.24) is 19.7 Å². The Morgan fingerprint density at radius 1 is 1.03 bits per heavy atom. The lowest BCUT2D eigenvalue weighted by Gasteiger charge is -2.08. The van der Waals surface area contributed by atoms with Crippen molar-refractivity contribution < 1.29 is 23.5 Å². The van der Waals surface area contributed by atoms with Gasteiger partial charge >= 0.3 is 0 Å². The second-order valence-electron chi connectivity index (χ2n) is 6.88. The lowest BCUT2D eigenvalue weighted by Crippen LogP contribution is -2.20. The molecule has 0 saturated heterocycles. The zero-order valence-corrected chi connectivity index (χ0v) is 18.3. The third-order valence-corrected chi connectivity index (χ3v) is 5.95. The van der Waals surface area contributed by atoms with Crippen LogP contribution in [0.25, 0.3) is 22.3 Å². The molecule has 0 aliphatic carbocycles. The molecule has 0 saturated carbocycles. The van der Waals surface area contributed by atoms with Crippen LogP contribution in [0.1, 0.15) is 5.89 Å². The molecular formula is C21H18N4O6S. The summed E-state index contributed by atoms with van der Waals surface area (Å²) in [4.78, 5) is 21.9. The minimum atomic E-state index is -0.175. The van der Waals surface area contributed by atoms with E-state index in [1.165, 1.54) is 16.3 Å². The highest BCUT2D eigenvalue weighted by Crippen LogP contribution is 2.35. The molecule has 11 heteroatoms. The SMILES string of the molecule is COc1cc(OC)cc(-c2noc(CSc3nc4cc5c(cc4c(=O)n3C)OCO5)n2)c1. The average molecular weight is 454 g/mol. The first-order valence-corrected chi connectivity index (χ1v) is 10.5. The molecule has 5 rings (SSSR count). The summed E-state index contributed by atoms with van der Waals surface area (Å²) in [5.41, 5.74) is 1.06. The first kappa shape index (κ1) is 20.2. The van der Waals surface area contributed by atoms with Crippen LogP contribution in [-0.2, 0) is 12.8 Å². The summed E-state index contributed by atoms with van der Waals surface area (Å²) in [6, 6.07) is 8.73. The number of hydrogen-bond donors (Lipinski definition) is 0. The van der Waals surface area contributed by atoms with Gasteiger partial charge in [-0.25, -0.2) is 4.98 Å². The lowest BCUT2D eigenvalue weighted by atomic mass is 10.2. The minimum Gasteiger partial charge on any atom is -0.497 e. The molecule has 0 fully saturated rings. The fourth-order valence-corrected chi connectivity index (χ4v) is 4.07. The number of methoxy groups -OCH3 is 2. The Morgan fingerprint density at radius 2 is 1.75 bits per heavy atom. The molecular weight excluding hydrogens is 436 g/mol. The molecule has 1 aliphatic rings. The largest absolute Gasteiger partial charge is 0.497 e. The van der Waals surface area contributed by atoms with Gasteiger partial charge in [-0.15, -0.1) is 0 Å². The Labute approximate surface area is 186 Å². The van der Waals surface area contributed by atoms with Crippen LogP contribution in [0.15, 0.2) is 44.8 Å². The molecule has 2 aromatic heterocycles. The van der Waals surface area contributed by atoms with Crippen molar-refractivity contribution >= 4 is 22.7 Å². The predicted octanol–water partition coefficient (Wildman–Crippen LogP) is 3.02. The first-order valence-electron chi connectivity index (χ1n) is 9.55. The highest BCUT2D eigenvalue weighted by atomic mass is 32.2. The van der Waals surface area contributed by atoms with Gasteiger partial charge in [-0.1, -0.05) is 16.9 Å². The van der Waals surface area contributed by atoms with E-state index in [1.807, 2.05) is 0 Å². The quantitative estimate of drug-likeness (QED) is 0.318. The number of fused-ring (bicyclic) bond motifs is 2. The van der Waals surface area contributed by atoms with Crippen LogP contribution in [0.3, 0.4) is 0 Å². The highest BCUT2D eigenvalue weighted by Gasteiger charge is 2.19. The molecule has 0 N–H and O–H groups in total. The summed E-state index contributed by atoms with van der Waals surface area (Å²) in [6.45, 7) is 0.131. The summed E-state index contributed by atoms with van der Waals surface area (Å²) in [5, 5.41) is 5.03. The van der Waals surface area contributed by atoms with E-state index < -0.39 is 0 Å². The van der Waals surface area contributed by atoms with Crippen molar-refractivity contribution in [3.8, 4) is 34.4 Å². The van der Waals surface area contributed by atoms with Crippen molar-refractivity contribution in [2.24, 2.45) is 7.05 Å². The summed E-state index contributed by atoms with van der Waals surface area (Å²) < 4.78 is 28.2. The van der Waals surface area contributed by atoms with Crippen LogP contribution in [0, 0.1) is 0 Å². The Bertz CT molecular complexity index is 1360. The van der Waals surface area contributed by atoms with E-state index in [9.17, 15) is 4.79 Å². The number of ether oxygens (including phenoxy) is 4. The van der Waals surface area contributed by atoms with Crippen molar-refractivity contribution in [3.05, 3.63) is 46.6 Å². The van der Waals surface area contributed by atoms with Crippen LogP contribution in [0.4, 0.5) is 0 Å². The van der Waals surface area contributed by atoms with Crippen LogP contribution in [0.2, 0.25) is 0 Å². The standard InChI is InChI=1S/C21H18N4O6S/c1-25-20(26)14-7-16-17(30-10-29-16)8-15(14)22-21(25)32-9-18-23-19(24-31-18)11-4-12(27-2)6-13(5-11)28-3/h4-8H,9-10H2,1-3H3. The molecule has 0 atom stereocenters. The van der Waals surface area contributed by atoms with Gasteiger partial charge in [0, 0.05) is 24.7 Å². The number of benzene rings is 2. The second-order valence-corrected chi connectivity index (χ2v) is 7.83. The molecule has 0 amide bonds. The van der Waals surface area contributed by atoms with Crippen molar-refractivity contribution in [2.45, 2.75) is 10.9 Å². The summed E-state index contributed by atoms with van der Waals surface area (Å²) >= 11 is 1.32. The van der Waals surface area contributed by atoms with Crippen LogP contribution < -0.4 is 24.5 Å². The van der Waals surface area contributed by atoms with Crippen molar-refractivity contribution in [2.75, 3.05) is 21.0 Å². The molecule has 0 bridgehead atoms. The predicted molar refractivity (Wildman–Crippen MR) is 116 cm³/mol. The van der Waals surface area contributed by atoms with Gasteiger partial charge in [-0.05, 0) is 18.2 Å². The van der Waals surface area contributed by atoms with Gasteiger partial charge in [0.25, 0.3) is 5.56 Å². The molecule has 164 valence electrons. The molecule has 32 heavy (non-hydrogen) atoms. The fourth-order valence-electron chi connectivity index (χ4n) is 3.26. The van der Waals surface area contributed by atoms with Gasteiger partial charge in [-0.2, -0.15) is 4.98 Å². The zero-order valence-electron chi connectivity index (χ0n) is 17.4. The molecule has 10 nitrogen and oxygen atoms in total. The van der Waals surface area contributed by atoms with E-state index in [0.717, 1.165) is 0 Å². The van der Waals surface area contributed by atoms with Crippen LogP contribution >= 0.6 is 11.8 Å². The molecule has 0 radical (unpaired) electrons. The van der Waals surface area contributed by atoms with Crippen LogP contribution in [0.5, 0.6) is 23.0 Å². The maximum absolute atomic E-state index is 12.8. The highest BCUT2D eigenvalue weighted by molar-refractivity contribution is 7.98. The Morgan fingerprint density at radius 3 is 2.47 bits per heavy atom. The third kappa shape index (κ3) is 3.60. The average Bonchev–Trinajstić information content (AvgIpc) is 3.48. The number of nitrogens with zero attached hydrogens (tertiary/aromatic N) is 4. The van der Waals surface area contributed by atoms with Gasteiger partial charge in [0.1, 0.15) is 11.5 Å². The summed E-state index contributed by atoms with van der Waals surface area (Å²) in [5.74, 6) is 3.50. The minimum absolute atomic E-state index is 0.131. The van der Waals surface area contributed by atoms with E-state index >= 15 is 0 Å². The van der Waals surface area contributed by atoms with Gasteiger partial charge in [0.2, 0.25) is 18.5 Å². The molecule has 4 aromatic rings. The number of rotatable bonds is 6. The molecule has 3 heterocycles. The van der Waals surface area contributed by atoms with E-state index in [0.29, 0.717) is 62.1 Å². The molecule has 0 spiro atoms. The van der Waals surface area contributed by atoms with Crippen LogP contribution in [-0.4, -0.2) is 40.7 Å². The fraction of sp³-hybridized carbons (Fsp3) is 0.238. The second kappa shape index (κ2) is 8.08. The molecule has 1 aliphatic heterocycles. The summed E-state index contributed by atoms with van der Waals surface area (Å²) in [7, 11) is 4.82. The summed E-state index contributed by atoms with van der Waals surface area (Å²) in [6.07, 6.45) is 0. The number of thioether (sulfide) groups is 1. The maximum atomic E-state index is 12.8. The first-order chi connectivity index (χ1) is 15.6. The van der Waals surface area contributed by atoms with E-state index in [2.05, 4.69) is 15.1 Å². The molecule has 2 aromatic carbocycles. The van der Waals surface area contributed by atoms with E-state index in [-0.39, 0.29) is 12.4 Å². The van der Waals surface area contributed by atoms with Crippen molar-refractivity contribution in [1.29, 1.82) is 0 Å². The van der Waals surface area contributed by atoms with Gasteiger partial charge < -0.3 is 23.5 Å². The molecule has 0 unspecified atom stereocenters. The maximum Gasteiger partial charge on any atom is 0.261 e. The smallest absolute Gasteiger partial charge is 0.261 e. The van der Waals surface area contributed by atoms with Crippen molar-refractivity contribution in [3.63, 3.8) is 0 Å². The zero-order chi connectivity index (χ0) is 22.2. The Balaban J connectivity index is 1.40. The van der Waals surface area contributed by atoms with E-state index in [4.69, 9.17) is 23.5 Å². The number of aromatic nitrogens is 4. The Hall–Kier alpha value is -3.73. The Kier molecular flexibility index (Phi) is 5.10. The van der Waals surface area contributed by atoms with Gasteiger partial charge in [0.05, 0.1) is 30.9 Å². The number of hydrogen-bond acceptors (Lipinski definition) is 10. The normalized spacial score (nSPS) is 12.3. The monoisotopic (exact) mass is 454 g/mol. The van der Waals surface area contributed by atoms with Gasteiger partial charge in [0.15, 0.2) is 16.7 Å². The third-order valence-electron chi connectivity index (χ3n) is 4.93. The van der Waals surface area contributed by atoms with E-state index in [1.54, 1.807) is 51.6 Å².